The normalized spacial score (nSPS) is 48.5. The van der Waals surface area contributed by atoms with E-state index in [1.54, 1.807) is 0 Å². The van der Waals surface area contributed by atoms with Gasteiger partial charge in [0.1, 0.15) is 0 Å². The molecule has 0 aromatic rings. The Bertz CT molecular complexity index is 166. The molecule has 1 saturated heterocycles. The van der Waals surface area contributed by atoms with Crippen molar-refractivity contribution in [1.29, 1.82) is 0 Å². The van der Waals surface area contributed by atoms with E-state index in [2.05, 4.69) is 19.2 Å². The summed E-state index contributed by atoms with van der Waals surface area (Å²) in [7, 11) is 0. The van der Waals surface area contributed by atoms with Crippen LogP contribution in [0.1, 0.15) is 46.0 Å². The minimum atomic E-state index is 0.679. The van der Waals surface area contributed by atoms with Crippen LogP contribution in [0.2, 0.25) is 0 Å². The molecule has 0 radical (unpaired) electrons. The molecule has 0 aromatic heterocycles. The third kappa shape index (κ3) is 1.10. The molecule has 2 aliphatic rings. The third-order valence-electron chi connectivity index (χ3n) is 4.41. The Morgan fingerprint density at radius 1 is 1.17 bits per heavy atom. The fraction of sp³-hybridized carbons (Fsp3) is 1.00. The van der Waals surface area contributed by atoms with Gasteiger partial charge in [0.15, 0.2) is 0 Å². The molecule has 1 aliphatic heterocycles. The summed E-state index contributed by atoms with van der Waals surface area (Å²) in [4.78, 5) is 0. The SMILES string of the molecule is CC1CCCCC12CCNC2C. The Balaban J connectivity index is 2.15. The second-order valence-electron chi connectivity index (χ2n) is 4.81. The average Bonchev–Trinajstić information content (AvgIpc) is 2.41. The number of hydrogen-bond donors (Lipinski definition) is 1. The Morgan fingerprint density at radius 3 is 2.58 bits per heavy atom. The van der Waals surface area contributed by atoms with Gasteiger partial charge in [0.25, 0.3) is 0 Å². The molecule has 0 aromatic carbocycles. The summed E-state index contributed by atoms with van der Waals surface area (Å²) >= 11 is 0. The Hall–Kier alpha value is -0.0400. The van der Waals surface area contributed by atoms with Crippen LogP contribution in [0.5, 0.6) is 0 Å². The summed E-state index contributed by atoms with van der Waals surface area (Å²) < 4.78 is 0. The van der Waals surface area contributed by atoms with Crippen LogP contribution in [-0.2, 0) is 0 Å². The summed E-state index contributed by atoms with van der Waals surface area (Å²) in [6.07, 6.45) is 7.30. The van der Waals surface area contributed by atoms with Crippen molar-refractivity contribution in [3.05, 3.63) is 0 Å². The lowest BCUT2D eigenvalue weighted by Gasteiger charge is -2.42. The molecule has 0 amide bonds. The van der Waals surface area contributed by atoms with Gasteiger partial charge in [-0.1, -0.05) is 26.2 Å². The standard InChI is InChI=1S/C11H21N/c1-9-5-3-4-6-11(9)7-8-12-10(11)2/h9-10,12H,3-8H2,1-2H3. The summed E-state index contributed by atoms with van der Waals surface area (Å²) in [5, 5.41) is 3.61. The first-order valence-corrected chi connectivity index (χ1v) is 5.49. The molecule has 2 rings (SSSR count). The first-order valence-electron chi connectivity index (χ1n) is 5.49. The van der Waals surface area contributed by atoms with E-state index >= 15 is 0 Å². The molecule has 1 aliphatic carbocycles. The molecular weight excluding hydrogens is 146 g/mol. The quantitative estimate of drug-likeness (QED) is 0.584. The van der Waals surface area contributed by atoms with E-state index in [0.717, 1.165) is 12.0 Å². The van der Waals surface area contributed by atoms with Crippen LogP contribution >= 0.6 is 0 Å². The highest BCUT2D eigenvalue weighted by Gasteiger charge is 2.45. The predicted octanol–water partition coefficient (Wildman–Crippen LogP) is 2.56. The van der Waals surface area contributed by atoms with Crippen LogP contribution < -0.4 is 5.32 Å². The molecule has 1 heteroatoms. The lowest BCUT2D eigenvalue weighted by Crippen LogP contribution is -2.41. The molecule has 2 fully saturated rings. The first-order chi connectivity index (χ1) is 5.76. The number of nitrogens with one attached hydrogen (secondary N) is 1. The molecule has 1 spiro atoms. The molecule has 0 bridgehead atoms. The van der Waals surface area contributed by atoms with Gasteiger partial charge in [0.05, 0.1) is 0 Å². The van der Waals surface area contributed by atoms with E-state index in [4.69, 9.17) is 0 Å². The highest BCUT2D eigenvalue weighted by Crippen LogP contribution is 2.48. The lowest BCUT2D eigenvalue weighted by atomic mass is 9.63. The maximum Gasteiger partial charge on any atom is 0.00982 e. The fourth-order valence-electron chi connectivity index (χ4n) is 3.39. The van der Waals surface area contributed by atoms with Crippen LogP contribution in [0.25, 0.3) is 0 Å². The Labute approximate surface area is 75.9 Å². The van der Waals surface area contributed by atoms with Crippen LogP contribution in [0.4, 0.5) is 0 Å². The zero-order chi connectivity index (χ0) is 8.60. The summed E-state index contributed by atoms with van der Waals surface area (Å²) in [6, 6.07) is 0.771. The largest absolute Gasteiger partial charge is 0.314 e. The van der Waals surface area contributed by atoms with Gasteiger partial charge in [-0.05, 0) is 37.6 Å². The third-order valence-corrected chi connectivity index (χ3v) is 4.41. The van der Waals surface area contributed by atoms with Crippen molar-refractivity contribution >= 4 is 0 Å². The van der Waals surface area contributed by atoms with Crippen LogP contribution in [0.3, 0.4) is 0 Å². The van der Waals surface area contributed by atoms with Gasteiger partial charge in [-0.2, -0.15) is 0 Å². The molecular formula is C11H21N. The molecule has 1 saturated carbocycles. The maximum absolute atomic E-state index is 3.61. The molecule has 3 unspecified atom stereocenters. The monoisotopic (exact) mass is 167 g/mol. The van der Waals surface area contributed by atoms with Gasteiger partial charge in [0.2, 0.25) is 0 Å². The fourth-order valence-corrected chi connectivity index (χ4v) is 3.39. The van der Waals surface area contributed by atoms with Gasteiger partial charge in [0, 0.05) is 6.04 Å². The highest BCUT2D eigenvalue weighted by atomic mass is 15.0. The van der Waals surface area contributed by atoms with E-state index < -0.39 is 0 Å². The van der Waals surface area contributed by atoms with E-state index in [0.29, 0.717) is 5.41 Å². The van der Waals surface area contributed by atoms with Crippen LogP contribution in [-0.4, -0.2) is 12.6 Å². The Morgan fingerprint density at radius 2 is 2.00 bits per heavy atom. The maximum atomic E-state index is 3.61. The molecule has 1 heterocycles. The van der Waals surface area contributed by atoms with Gasteiger partial charge in [-0.25, -0.2) is 0 Å². The topological polar surface area (TPSA) is 12.0 Å². The van der Waals surface area contributed by atoms with Crippen molar-refractivity contribution in [2.45, 2.75) is 52.0 Å². The smallest absolute Gasteiger partial charge is 0.00982 e. The zero-order valence-corrected chi connectivity index (χ0v) is 8.40. The summed E-state index contributed by atoms with van der Waals surface area (Å²) in [5.74, 6) is 0.955. The molecule has 1 N–H and O–H groups in total. The predicted molar refractivity (Wildman–Crippen MR) is 52.1 cm³/mol. The van der Waals surface area contributed by atoms with E-state index in [1.165, 1.54) is 38.6 Å². The van der Waals surface area contributed by atoms with E-state index in [1.807, 2.05) is 0 Å². The zero-order valence-electron chi connectivity index (χ0n) is 8.40. The van der Waals surface area contributed by atoms with Gasteiger partial charge in [-0.15, -0.1) is 0 Å². The van der Waals surface area contributed by atoms with E-state index in [9.17, 15) is 0 Å². The van der Waals surface area contributed by atoms with Crippen molar-refractivity contribution in [2.24, 2.45) is 11.3 Å². The van der Waals surface area contributed by atoms with Crippen molar-refractivity contribution < 1.29 is 0 Å². The van der Waals surface area contributed by atoms with Gasteiger partial charge in [-0.3, -0.25) is 0 Å². The minimum Gasteiger partial charge on any atom is -0.314 e. The first kappa shape index (κ1) is 8.55. The lowest BCUT2D eigenvalue weighted by molar-refractivity contribution is 0.0966. The van der Waals surface area contributed by atoms with Crippen molar-refractivity contribution in [1.82, 2.24) is 5.32 Å². The van der Waals surface area contributed by atoms with Crippen LogP contribution in [0, 0.1) is 11.3 Å². The molecule has 70 valence electrons. The molecule has 3 atom stereocenters. The van der Waals surface area contributed by atoms with Gasteiger partial charge < -0.3 is 5.32 Å². The number of hydrogen-bond acceptors (Lipinski definition) is 1. The second-order valence-corrected chi connectivity index (χ2v) is 4.81. The van der Waals surface area contributed by atoms with Gasteiger partial charge >= 0.3 is 0 Å². The van der Waals surface area contributed by atoms with E-state index in [-0.39, 0.29) is 0 Å². The highest BCUT2D eigenvalue weighted by molar-refractivity contribution is 4.99. The van der Waals surface area contributed by atoms with Crippen molar-refractivity contribution in [3.8, 4) is 0 Å². The molecule has 12 heavy (non-hydrogen) atoms. The van der Waals surface area contributed by atoms with Crippen molar-refractivity contribution in [3.63, 3.8) is 0 Å². The average molecular weight is 167 g/mol. The molecule has 1 nitrogen and oxygen atoms in total. The number of rotatable bonds is 0. The Kier molecular flexibility index (Phi) is 2.16. The second kappa shape index (κ2) is 3.02. The minimum absolute atomic E-state index is 0.679. The van der Waals surface area contributed by atoms with Crippen molar-refractivity contribution in [2.75, 3.05) is 6.54 Å². The summed E-state index contributed by atoms with van der Waals surface area (Å²) in [5.41, 5.74) is 0.679. The van der Waals surface area contributed by atoms with Crippen LogP contribution in [0.15, 0.2) is 0 Å². The summed E-state index contributed by atoms with van der Waals surface area (Å²) in [6.45, 7) is 6.10.